The van der Waals surface area contributed by atoms with Gasteiger partial charge in [-0.15, -0.1) is 12.5 Å². The van der Waals surface area contributed by atoms with Gasteiger partial charge in [0.2, 0.25) is 0 Å². The van der Waals surface area contributed by atoms with Gasteiger partial charge in [0.1, 0.15) is 12.6 Å². The topological polar surface area (TPSA) is 80.3 Å². The fourth-order valence-electron chi connectivity index (χ4n) is 8.61. The average molecular weight is 907 g/mol. The molecule has 67 heavy (non-hydrogen) atoms. The first-order valence-electron chi connectivity index (χ1n) is 21.7. The first kappa shape index (κ1) is 45.2. The third kappa shape index (κ3) is 9.71. The number of rotatable bonds is 8. The van der Waals surface area contributed by atoms with Crippen molar-refractivity contribution in [3.05, 3.63) is 296 Å². The van der Waals surface area contributed by atoms with Crippen LogP contribution < -0.4 is 31.1 Å². The zero-order valence-electron chi connectivity index (χ0n) is 36.2. The molecule has 0 bridgehead atoms. The van der Waals surface area contributed by atoms with Crippen LogP contribution in [0.4, 0.5) is 0 Å². The van der Waals surface area contributed by atoms with Gasteiger partial charge in [0.15, 0.2) is 0 Å². The average Bonchev–Trinajstić information content (AvgIpc) is 4.01. The first-order chi connectivity index (χ1) is 32.6. The fraction of sp³-hybridized carbons (Fsp3) is 0. The molecule has 0 saturated carbocycles. The Labute approximate surface area is 400 Å². The molecule has 5 heteroatoms. The zero-order valence-corrected chi connectivity index (χ0v) is 37.3. The number of allylic oxidation sites excluding steroid dienone is 8. The fourth-order valence-corrected chi connectivity index (χ4v) is 8.61. The monoisotopic (exact) mass is 906 g/mol. The minimum Gasteiger partial charge on any atom is -0.877 e. The van der Waals surface area contributed by atoms with Crippen molar-refractivity contribution in [1.29, 1.82) is 0 Å². The Hall–Kier alpha value is -8.34. The number of carbonyl (C=O) groups excluding carboxylic acids is 2. The van der Waals surface area contributed by atoms with Gasteiger partial charge in [-0.2, -0.15) is 0 Å². The second kappa shape index (κ2) is 21.1. The summed E-state index contributed by atoms with van der Waals surface area (Å²) >= 11 is 0. The van der Waals surface area contributed by atoms with Crippen molar-refractivity contribution in [3.8, 4) is 0 Å². The molecule has 8 aromatic rings. The van der Waals surface area contributed by atoms with Crippen molar-refractivity contribution in [2.75, 3.05) is 0 Å². The number of carbonyl (C=O) groups is 2. The van der Waals surface area contributed by atoms with E-state index in [1.165, 1.54) is 0 Å². The number of aldehydes is 2. The summed E-state index contributed by atoms with van der Waals surface area (Å²) in [6.45, 7) is 0. The second-order valence-corrected chi connectivity index (χ2v) is 15.9. The van der Waals surface area contributed by atoms with Gasteiger partial charge in [-0.1, -0.05) is 218 Å². The molecule has 10 rings (SSSR count). The molecular formula is C62H42FeO4. The summed E-state index contributed by atoms with van der Waals surface area (Å²) in [5.41, 5.74) is 16.9. The van der Waals surface area contributed by atoms with E-state index in [0.29, 0.717) is 21.6 Å². The molecule has 0 atom stereocenters. The molecule has 0 radical (unpaired) electrons. The summed E-state index contributed by atoms with van der Waals surface area (Å²) in [5, 5.41) is 25.8. The molecule has 0 fully saturated rings. The van der Waals surface area contributed by atoms with Crippen molar-refractivity contribution >= 4 is 69.7 Å². The van der Waals surface area contributed by atoms with E-state index in [9.17, 15) is 19.8 Å². The van der Waals surface area contributed by atoms with E-state index < -0.39 is 0 Å². The molecule has 0 heterocycles. The van der Waals surface area contributed by atoms with Crippen molar-refractivity contribution in [2.24, 2.45) is 0 Å². The molecule has 4 nitrogen and oxygen atoms in total. The molecule has 0 aromatic heterocycles. The number of benzene rings is 8. The molecule has 8 aromatic carbocycles. The Morgan fingerprint density at radius 1 is 0.299 bits per heavy atom. The van der Waals surface area contributed by atoms with Gasteiger partial charge in [0.25, 0.3) is 0 Å². The van der Waals surface area contributed by atoms with Crippen LogP contribution in [0.25, 0.3) is 57.1 Å². The summed E-state index contributed by atoms with van der Waals surface area (Å²) in [7, 11) is 0. The molecular weight excluding hydrogens is 865 g/mol. The van der Waals surface area contributed by atoms with Gasteiger partial charge in [-0.25, -0.2) is 0 Å². The maximum Gasteiger partial charge on any atom is 2.00 e. The second-order valence-electron chi connectivity index (χ2n) is 15.9. The predicted octanol–water partition coefficient (Wildman–Crippen LogP) is 8.91. The summed E-state index contributed by atoms with van der Waals surface area (Å²) < 4.78 is 0. The summed E-state index contributed by atoms with van der Waals surface area (Å²) in [6.07, 6.45) is 7.89. The van der Waals surface area contributed by atoms with Crippen LogP contribution in [0.5, 0.6) is 0 Å². The van der Waals surface area contributed by atoms with Crippen LogP contribution in [0.3, 0.4) is 0 Å². The summed E-state index contributed by atoms with van der Waals surface area (Å²) in [5.74, 6) is 0. The van der Waals surface area contributed by atoms with Crippen molar-refractivity contribution in [1.82, 2.24) is 0 Å². The molecule has 0 spiro atoms. The quantitative estimate of drug-likeness (QED) is 0.113. The van der Waals surface area contributed by atoms with Crippen LogP contribution >= 0.6 is 0 Å². The van der Waals surface area contributed by atoms with E-state index in [1.807, 2.05) is 121 Å². The van der Waals surface area contributed by atoms with E-state index in [2.05, 4.69) is 109 Å². The standard InChI is InChI=1S/2C31H22O2.Fe/c2*32-20-22-11-15-24(16-12-22)28-19-29(25-17-13-23(21-33)14-18-25)31(27-9-5-2-6-10-27)30(28)26-7-3-1-4-8-26;/h2*1-21,32H;/q;;+2/p-2. The predicted molar refractivity (Wildman–Crippen MR) is 266 cm³/mol. The number of hydrogen-bond acceptors (Lipinski definition) is 4. The van der Waals surface area contributed by atoms with Crippen LogP contribution in [-0.2, 0) is 17.1 Å². The van der Waals surface area contributed by atoms with E-state index in [0.717, 1.165) is 113 Å². The largest absolute Gasteiger partial charge is 2.00 e. The smallest absolute Gasteiger partial charge is 0.877 e. The Balaban J connectivity index is 0.000000179. The third-order valence-corrected chi connectivity index (χ3v) is 11.8. The Kier molecular flexibility index (Phi) is 14.2. The zero-order chi connectivity index (χ0) is 45.2. The van der Waals surface area contributed by atoms with Crippen molar-refractivity contribution < 1.29 is 36.9 Å². The molecule has 2 aliphatic carbocycles. The molecule has 0 aliphatic heterocycles. The van der Waals surface area contributed by atoms with E-state index in [-0.39, 0.29) is 17.1 Å². The normalized spacial score (nSPS) is 12.9. The minimum absolute atomic E-state index is 0. The molecule has 0 unspecified atom stereocenters. The van der Waals surface area contributed by atoms with Crippen LogP contribution in [0.1, 0.15) is 54.1 Å². The molecule has 2 aliphatic rings. The maximum absolute atomic E-state index is 11.2. The van der Waals surface area contributed by atoms with Crippen LogP contribution in [0.15, 0.2) is 231 Å². The molecule has 322 valence electrons. The third-order valence-electron chi connectivity index (χ3n) is 11.8. The van der Waals surface area contributed by atoms with Gasteiger partial charge in [0.05, 0.1) is 0 Å². The molecule has 0 amide bonds. The summed E-state index contributed by atoms with van der Waals surface area (Å²) in [6, 6.07) is 72.3. The van der Waals surface area contributed by atoms with Gasteiger partial charge in [-0.05, 0) is 111 Å². The van der Waals surface area contributed by atoms with E-state index >= 15 is 0 Å². The van der Waals surface area contributed by atoms with Gasteiger partial charge < -0.3 is 10.2 Å². The summed E-state index contributed by atoms with van der Waals surface area (Å²) in [4.78, 5) is 22.4. The Morgan fingerprint density at radius 3 is 0.851 bits per heavy atom. The van der Waals surface area contributed by atoms with Crippen LogP contribution in [-0.4, -0.2) is 12.6 Å². The van der Waals surface area contributed by atoms with Crippen LogP contribution in [0, 0.1) is 0 Å². The Bertz CT molecular complexity index is 3180. The maximum atomic E-state index is 11.2. The molecule has 0 saturated heterocycles. The van der Waals surface area contributed by atoms with Gasteiger partial charge in [0, 0.05) is 11.1 Å². The SMILES string of the molecule is O=Cc1ccc(C2=CC(=c3ccc(=C[O-])cc3)C(c3ccccc3)=C2c2ccccc2)cc1.O=Cc1ccc(C2=CC(=c3ccc(=C[O-])cc3)C(c3ccccc3)=C2c2ccccc2)cc1.[Fe+2]. The molecule has 0 N–H and O–H groups in total. The number of hydrogen-bond donors (Lipinski definition) is 0. The van der Waals surface area contributed by atoms with Gasteiger partial charge in [-0.3, -0.25) is 9.59 Å². The van der Waals surface area contributed by atoms with Gasteiger partial charge >= 0.3 is 17.1 Å². The van der Waals surface area contributed by atoms with Crippen molar-refractivity contribution in [2.45, 2.75) is 0 Å². The van der Waals surface area contributed by atoms with E-state index in [4.69, 9.17) is 0 Å². The first-order valence-corrected chi connectivity index (χ1v) is 21.7. The van der Waals surface area contributed by atoms with Crippen LogP contribution in [0.2, 0.25) is 0 Å². The van der Waals surface area contributed by atoms with E-state index in [1.54, 1.807) is 0 Å². The Morgan fingerprint density at radius 2 is 0.582 bits per heavy atom. The van der Waals surface area contributed by atoms with Crippen molar-refractivity contribution in [3.63, 3.8) is 0 Å². The minimum atomic E-state index is 0.